The van der Waals surface area contributed by atoms with Crippen LogP contribution >= 0.6 is 0 Å². The third kappa shape index (κ3) is 5.00. The van der Waals surface area contributed by atoms with Crippen LogP contribution in [0.15, 0.2) is 10.1 Å². The molecular formula is C6H13N3. The van der Waals surface area contributed by atoms with Crippen LogP contribution in [0.3, 0.4) is 0 Å². The maximum Gasteiger partial charge on any atom is 0.113 e. The normalized spacial score (nSPS) is 12.6. The second kappa shape index (κ2) is 5.28. The molecule has 0 saturated carbocycles. The molecule has 1 N–H and O–H groups in total. The quantitative estimate of drug-likeness (QED) is 0.335. The van der Waals surface area contributed by atoms with Crippen molar-refractivity contribution in [3.63, 3.8) is 0 Å². The van der Waals surface area contributed by atoms with E-state index in [4.69, 9.17) is 0 Å². The summed E-state index contributed by atoms with van der Waals surface area (Å²) in [5, 5.41) is 3.85. The molecule has 0 aromatic rings. The molecule has 0 bridgehead atoms. The molecule has 0 aliphatic rings. The highest BCUT2D eigenvalue weighted by atomic mass is 15.3. The van der Waals surface area contributed by atoms with Crippen molar-refractivity contribution in [3.8, 4) is 0 Å². The molecule has 0 aliphatic heterocycles. The van der Waals surface area contributed by atoms with Crippen molar-refractivity contribution in [2.24, 2.45) is 10.1 Å². The van der Waals surface area contributed by atoms with Crippen LogP contribution < -0.4 is 5.43 Å². The molecule has 9 heavy (non-hydrogen) atoms. The van der Waals surface area contributed by atoms with E-state index in [2.05, 4.69) is 15.5 Å². The summed E-state index contributed by atoms with van der Waals surface area (Å²) in [4.78, 5) is 3.85. The monoisotopic (exact) mass is 127 g/mol. The van der Waals surface area contributed by atoms with Gasteiger partial charge in [-0.15, -0.1) is 0 Å². The molecule has 0 saturated heterocycles. The van der Waals surface area contributed by atoms with Gasteiger partial charge < -0.3 is 0 Å². The fraction of sp³-hybridized carbons (Fsp3) is 0.667. The van der Waals surface area contributed by atoms with Gasteiger partial charge in [-0.25, -0.2) is 0 Å². The number of hydrogen-bond acceptors (Lipinski definition) is 2. The Balaban J connectivity index is 3.38. The average Bonchev–Trinajstić information content (AvgIpc) is 1.89. The van der Waals surface area contributed by atoms with Crippen molar-refractivity contribution in [2.45, 2.75) is 20.3 Å². The minimum absolute atomic E-state index is 0.833. The molecule has 52 valence electrons. The van der Waals surface area contributed by atoms with Crippen LogP contribution in [0.5, 0.6) is 0 Å². The van der Waals surface area contributed by atoms with E-state index in [1.165, 1.54) is 0 Å². The summed E-state index contributed by atoms with van der Waals surface area (Å²) < 4.78 is 0. The van der Waals surface area contributed by atoms with Gasteiger partial charge in [0, 0.05) is 13.3 Å². The summed E-state index contributed by atoms with van der Waals surface area (Å²) in [6.45, 7) is 3.90. The van der Waals surface area contributed by atoms with Gasteiger partial charge in [-0.2, -0.15) is 5.10 Å². The van der Waals surface area contributed by atoms with E-state index in [9.17, 15) is 0 Å². The standard InChI is InChI=1S/C6H13N3/c1-4-5-8-9-6(2)7-3/h5H,4H2,1-3H3,(H,7,9)/b8-5-. The zero-order chi connectivity index (χ0) is 7.11. The number of hydrogen-bond donors (Lipinski definition) is 1. The molecule has 0 heterocycles. The molecule has 0 spiro atoms. The number of rotatable bonds is 2. The van der Waals surface area contributed by atoms with Crippen LogP contribution in [0.2, 0.25) is 0 Å². The molecule has 3 heteroatoms. The number of hydrazone groups is 1. The summed E-state index contributed by atoms with van der Waals surface area (Å²) in [5.41, 5.74) is 2.75. The molecule has 0 aliphatic carbocycles. The molecule has 0 radical (unpaired) electrons. The fourth-order valence-electron chi connectivity index (χ4n) is 0.280. The van der Waals surface area contributed by atoms with Crippen LogP contribution in [-0.4, -0.2) is 19.1 Å². The molecule has 0 rings (SSSR count). The highest BCUT2D eigenvalue weighted by molar-refractivity contribution is 5.79. The lowest BCUT2D eigenvalue weighted by Crippen LogP contribution is -2.12. The van der Waals surface area contributed by atoms with Gasteiger partial charge >= 0.3 is 0 Å². The number of aliphatic imine (C=N–C) groups is 1. The van der Waals surface area contributed by atoms with Crippen LogP contribution in [0.25, 0.3) is 0 Å². The van der Waals surface area contributed by atoms with Crippen molar-refractivity contribution < 1.29 is 0 Å². The van der Waals surface area contributed by atoms with Crippen LogP contribution in [0.1, 0.15) is 20.3 Å². The van der Waals surface area contributed by atoms with Crippen LogP contribution in [0.4, 0.5) is 0 Å². The summed E-state index contributed by atoms with van der Waals surface area (Å²) in [7, 11) is 1.73. The second-order valence-electron chi connectivity index (χ2n) is 1.64. The Labute approximate surface area is 55.9 Å². The maximum absolute atomic E-state index is 3.85. The van der Waals surface area contributed by atoms with Gasteiger partial charge in [0.15, 0.2) is 0 Å². The number of amidine groups is 1. The van der Waals surface area contributed by atoms with E-state index in [1.807, 2.05) is 13.8 Å². The minimum atomic E-state index is 0.833. The molecule has 0 fully saturated rings. The molecule has 3 nitrogen and oxygen atoms in total. The largest absolute Gasteiger partial charge is 0.275 e. The van der Waals surface area contributed by atoms with Crippen LogP contribution in [0, 0.1) is 0 Å². The van der Waals surface area contributed by atoms with E-state index >= 15 is 0 Å². The van der Waals surface area contributed by atoms with Crippen molar-refractivity contribution >= 4 is 12.1 Å². The van der Waals surface area contributed by atoms with Crippen molar-refractivity contribution in [3.05, 3.63) is 0 Å². The lowest BCUT2D eigenvalue weighted by Gasteiger charge is -1.93. The highest BCUT2D eigenvalue weighted by Gasteiger charge is 1.77. The first-order valence-corrected chi connectivity index (χ1v) is 3.02. The first-order valence-electron chi connectivity index (χ1n) is 3.02. The maximum atomic E-state index is 3.85. The molecular weight excluding hydrogens is 114 g/mol. The van der Waals surface area contributed by atoms with Crippen molar-refractivity contribution in [1.82, 2.24) is 5.43 Å². The van der Waals surface area contributed by atoms with Crippen molar-refractivity contribution in [1.29, 1.82) is 0 Å². The van der Waals surface area contributed by atoms with Gasteiger partial charge in [0.1, 0.15) is 5.84 Å². The molecule has 0 amide bonds. The SMILES string of the molecule is CC/C=N\NC(C)=NC. The third-order valence-electron chi connectivity index (χ3n) is 0.836. The summed E-state index contributed by atoms with van der Waals surface area (Å²) in [6.07, 6.45) is 2.75. The zero-order valence-corrected chi connectivity index (χ0v) is 6.18. The van der Waals surface area contributed by atoms with Crippen LogP contribution in [-0.2, 0) is 0 Å². The van der Waals surface area contributed by atoms with E-state index in [1.54, 1.807) is 13.3 Å². The van der Waals surface area contributed by atoms with Crippen molar-refractivity contribution in [2.75, 3.05) is 7.05 Å². The van der Waals surface area contributed by atoms with E-state index < -0.39 is 0 Å². The Morgan fingerprint density at radius 2 is 2.33 bits per heavy atom. The lowest BCUT2D eigenvalue weighted by atomic mass is 10.6. The zero-order valence-electron chi connectivity index (χ0n) is 6.18. The Morgan fingerprint density at radius 3 is 2.78 bits per heavy atom. The summed E-state index contributed by atoms with van der Waals surface area (Å²) >= 11 is 0. The predicted molar refractivity (Wildman–Crippen MR) is 41.0 cm³/mol. The molecule has 0 unspecified atom stereocenters. The van der Waals surface area contributed by atoms with Gasteiger partial charge in [-0.05, 0) is 13.3 Å². The fourth-order valence-corrected chi connectivity index (χ4v) is 0.280. The van der Waals surface area contributed by atoms with Gasteiger partial charge in [-0.3, -0.25) is 10.4 Å². The van der Waals surface area contributed by atoms with Gasteiger partial charge in [-0.1, -0.05) is 6.92 Å². The summed E-state index contributed by atoms with van der Waals surface area (Å²) in [5.74, 6) is 0.833. The lowest BCUT2D eigenvalue weighted by molar-refractivity contribution is 1.01. The third-order valence-corrected chi connectivity index (χ3v) is 0.836. The molecule has 0 atom stereocenters. The van der Waals surface area contributed by atoms with E-state index in [-0.39, 0.29) is 0 Å². The Hall–Kier alpha value is -0.860. The Kier molecular flexibility index (Phi) is 4.78. The molecule has 0 aromatic heterocycles. The second-order valence-corrected chi connectivity index (χ2v) is 1.64. The smallest absolute Gasteiger partial charge is 0.113 e. The minimum Gasteiger partial charge on any atom is -0.275 e. The van der Waals surface area contributed by atoms with Gasteiger partial charge in [0.05, 0.1) is 0 Å². The average molecular weight is 127 g/mol. The predicted octanol–water partition coefficient (Wildman–Crippen LogP) is 1.02. The first-order chi connectivity index (χ1) is 4.31. The van der Waals surface area contributed by atoms with Gasteiger partial charge in [0.2, 0.25) is 0 Å². The Bertz CT molecular complexity index is 115. The first kappa shape index (κ1) is 8.14. The molecule has 0 aromatic carbocycles. The topological polar surface area (TPSA) is 36.8 Å². The van der Waals surface area contributed by atoms with E-state index in [0.717, 1.165) is 12.3 Å². The highest BCUT2D eigenvalue weighted by Crippen LogP contribution is 1.69. The number of nitrogens with one attached hydrogen (secondary N) is 1. The summed E-state index contributed by atoms with van der Waals surface area (Å²) in [6, 6.07) is 0. The van der Waals surface area contributed by atoms with Gasteiger partial charge in [0.25, 0.3) is 0 Å². The van der Waals surface area contributed by atoms with E-state index in [0.29, 0.717) is 0 Å². The number of nitrogens with zero attached hydrogens (tertiary/aromatic N) is 2. The Morgan fingerprint density at radius 1 is 1.67 bits per heavy atom.